The van der Waals surface area contributed by atoms with Crippen LogP contribution in [0.4, 0.5) is 20.6 Å². The third-order valence-corrected chi connectivity index (χ3v) is 4.34. The molecule has 0 aliphatic rings. The van der Waals surface area contributed by atoms with E-state index in [1.54, 1.807) is 13.0 Å². The first kappa shape index (κ1) is 22.7. The van der Waals surface area contributed by atoms with Gasteiger partial charge >= 0.3 is 6.03 Å². The summed E-state index contributed by atoms with van der Waals surface area (Å²) in [7, 11) is 0. The minimum atomic E-state index is -0.781. The van der Waals surface area contributed by atoms with Crippen LogP contribution in [0.25, 0.3) is 0 Å². The highest BCUT2D eigenvalue weighted by atomic mass is 35.5. The molecule has 0 aliphatic carbocycles. The van der Waals surface area contributed by atoms with Crippen molar-refractivity contribution in [1.82, 2.24) is 0 Å². The van der Waals surface area contributed by atoms with Crippen molar-refractivity contribution in [1.29, 1.82) is 0 Å². The van der Waals surface area contributed by atoms with Gasteiger partial charge in [0.25, 0.3) is 5.69 Å². The van der Waals surface area contributed by atoms with E-state index in [4.69, 9.17) is 21.1 Å². The van der Waals surface area contributed by atoms with Crippen molar-refractivity contribution >= 4 is 34.9 Å². The lowest BCUT2D eigenvalue weighted by Gasteiger charge is -2.10. The summed E-state index contributed by atoms with van der Waals surface area (Å²) in [6.45, 7) is 1.89. The van der Waals surface area contributed by atoms with Crippen LogP contribution < -0.4 is 10.1 Å². The Hall–Kier alpha value is -3.98. The Bertz CT molecular complexity index is 1170. The fourth-order valence-corrected chi connectivity index (χ4v) is 2.83. The molecular formula is C22H17ClFN3O5. The third kappa shape index (κ3) is 5.79. The standard InChI is InChI=1S/C22H17ClFN3O5/c1-2-31-21(17-5-3-4-6-19(17)24)26-22(28)25-14-7-12-20(18(23)13-14)32-16-10-8-15(9-11-16)27(29)30/h3-13H,2H2,1H3,(H,25,28). The Morgan fingerprint density at radius 1 is 1.16 bits per heavy atom. The van der Waals surface area contributed by atoms with Crippen molar-refractivity contribution in [2.24, 2.45) is 4.99 Å². The number of rotatable bonds is 6. The molecule has 0 aliphatic heterocycles. The van der Waals surface area contributed by atoms with E-state index in [0.29, 0.717) is 11.4 Å². The number of nitro groups is 1. The van der Waals surface area contributed by atoms with Crippen LogP contribution in [0, 0.1) is 15.9 Å². The molecule has 0 saturated carbocycles. The minimum absolute atomic E-state index is 0.0642. The number of benzene rings is 3. The molecule has 3 rings (SSSR count). The first-order valence-corrected chi connectivity index (χ1v) is 9.74. The molecule has 0 saturated heterocycles. The molecule has 3 aromatic rings. The van der Waals surface area contributed by atoms with E-state index >= 15 is 0 Å². The number of halogens is 2. The van der Waals surface area contributed by atoms with Crippen LogP contribution in [-0.2, 0) is 4.74 Å². The van der Waals surface area contributed by atoms with Gasteiger partial charge in [-0.2, -0.15) is 4.99 Å². The number of carbonyl (C=O) groups excluding carboxylic acids is 1. The molecule has 0 atom stereocenters. The Morgan fingerprint density at radius 2 is 1.88 bits per heavy atom. The number of nitrogens with zero attached hydrogens (tertiary/aromatic N) is 2. The number of urea groups is 1. The van der Waals surface area contributed by atoms with Crippen LogP contribution in [0.5, 0.6) is 11.5 Å². The number of non-ortho nitro benzene ring substituents is 1. The van der Waals surface area contributed by atoms with Gasteiger partial charge in [0.05, 0.1) is 22.1 Å². The van der Waals surface area contributed by atoms with Gasteiger partial charge in [-0.25, -0.2) is 9.18 Å². The third-order valence-electron chi connectivity index (χ3n) is 4.05. The van der Waals surface area contributed by atoms with Crippen LogP contribution in [0.15, 0.2) is 71.7 Å². The number of hydrogen-bond donors (Lipinski definition) is 1. The number of aliphatic imine (C=N–C) groups is 1. The summed E-state index contributed by atoms with van der Waals surface area (Å²) in [5.41, 5.74) is 0.322. The SMILES string of the molecule is CCOC(=NC(=O)Nc1ccc(Oc2ccc([N+](=O)[O-])cc2)c(Cl)c1)c1ccccc1F. The van der Waals surface area contributed by atoms with E-state index in [-0.39, 0.29) is 34.5 Å². The first-order chi connectivity index (χ1) is 15.4. The maximum atomic E-state index is 14.0. The predicted octanol–water partition coefficient (Wildman–Crippen LogP) is 6.19. The summed E-state index contributed by atoms with van der Waals surface area (Å²) in [6, 6.07) is 15.0. The number of amides is 2. The lowest BCUT2D eigenvalue weighted by molar-refractivity contribution is -0.384. The van der Waals surface area contributed by atoms with Crippen LogP contribution in [-0.4, -0.2) is 23.5 Å². The van der Waals surface area contributed by atoms with Gasteiger partial charge in [-0.1, -0.05) is 23.7 Å². The average Bonchev–Trinajstić information content (AvgIpc) is 2.76. The fourth-order valence-electron chi connectivity index (χ4n) is 2.61. The molecule has 32 heavy (non-hydrogen) atoms. The number of nitro benzene ring substituents is 1. The number of anilines is 1. The van der Waals surface area contributed by atoms with Crippen molar-refractivity contribution in [2.45, 2.75) is 6.92 Å². The summed E-state index contributed by atoms with van der Waals surface area (Å²) < 4.78 is 24.9. The molecule has 0 spiro atoms. The number of carbonyl (C=O) groups is 1. The highest BCUT2D eigenvalue weighted by Gasteiger charge is 2.14. The molecule has 1 N–H and O–H groups in total. The number of ether oxygens (including phenoxy) is 2. The lowest BCUT2D eigenvalue weighted by atomic mass is 10.2. The Kier molecular flexibility index (Phi) is 7.35. The van der Waals surface area contributed by atoms with Gasteiger partial charge in [0.1, 0.15) is 17.3 Å². The molecular weight excluding hydrogens is 441 g/mol. The maximum Gasteiger partial charge on any atom is 0.348 e. The topological polar surface area (TPSA) is 103 Å². The molecule has 8 nitrogen and oxygen atoms in total. The summed E-state index contributed by atoms with van der Waals surface area (Å²) in [5.74, 6) is -0.0795. The molecule has 0 aromatic heterocycles. The second-order valence-corrected chi connectivity index (χ2v) is 6.67. The Labute approximate surface area is 187 Å². The summed E-state index contributed by atoms with van der Waals surface area (Å²) in [5, 5.41) is 13.4. The van der Waals surface area contributed by atoms with Crippen molar-refractivity contribution in [3.63, 3.8) is 0 Å². The van der Waals surface area contributed by atoms with Gasteiger partial charge in [-0.05, 0) is 49.4 Å². The van der Waals surface area contributed by atoms with Crippen molar-refractivity contribution in [2.75, 3.05) is 11.9 Å². The van der Waals surface area contributed by atoms with Gasteiger partial charge in [0, 0.05) is 17.8 Å². The van der Waals surface area contributed by atoms with E-state index in [9.17, 15) is 19.3 Å². The van der Waals surface area contributed by atoms with Gasteiger partial charge in [-0.3, -0.25) is 10.1 Å². The molecule has 0 fully saturated rings. The van der Waals surface area contributed by atoms with Crippen molar-refractivity contribution < 1.29 is 23.6 Å². The van der Waals surface area contributed by atoms with Crippen LogP contribution in [0.1, 0.15) is 12.5 Å². The highest BCUT2D eigenvalue weighted by molar-refractivity contribution is 6.32. The smallest absolute Gasteiger partial charge is 0.348 e. The lowest BCUT2D eigenvalue weighted by Crippen LogP contribution is -2.15. The monoisotopic (exact) mass is 457 g/mol. The van der Waals surface area contributed by atoms with E-state index in [1.807, 2.05) is 0 Å². The molecule has 2 amide bonds. The van der Waals surface area contributed by atoms with E-state index in [0.717, 1.165) is 0 Å². The number of hydrogen-bond acceptors (Lipinski definition) is 5. The zero-order valence-electron chi connectivity index (χ0n) is 16.7. The Morgan fingerprint density at radius 3 is 2.50 bits per heavy atom. The summed E-state index contributed by atoms with van der Waals surface area (Å²) in [4.78, 5) is 26.3. The van der Waals surface area contributed by atoms with Gasteiger partial charge < -0.3 is 14.8 Å². The fraction of sp³-hybridized carbons (Fsp3) is 0.0909. The predicted molar refractivity (Wildman–Crippen MR) is 118 cm³/mol. The van der Waals surface area contributed by atoms with Crippen LogP contribution >= 0.6 is 11.6 Å². The maximum absolute atomic E-state index is 14.0. The molecule has 0 bridgehead atoms. The van der Waals surface area contributed by atoms with Gasteiger partial charge in [0.15, 0.2) is 0 Å². The minimum Gasteiger partial charge on any atom is -0.477 e. The molecule has 3 aromatic carbocycles. The van der Waals surface area contributed by atoms with Gasteiger partial charge in [0.2, 0.25) is 5.90 Å². The summed E-state index contributed by atoms with van der Waals surface area (Å²) >= 11 is 6.22. The molecule has 164 valence electrons. The normalized spacial score (nSPS) is 11.0. The van der Waals surface area contributed by atoms with Gasteiger partial charge in [-0.15, -0.1) is 0 Å². The Balaban J connectivity index is 1.72. The summed E-state index contributed by atoms with van der Waals surface area (Å²) in [6.07, 6.45) is 0. The van der Waals surface area contributed by atoms with Crippen molar-refractivity contribution in [3.05, 3.63) is 93.2 Å². The van der Waals surface area contributed by atoms with E-state index in [1.165, 1.54) is 60.7 Å². The van der Waals surface area contributed by atoms with E-state index in [2.05, 4.69) is 10.3 Å². The molecule has 0 unspecified atom stereocenters. The highest BCUT2D eigenvalue weighted by Crippen LogP contribution is 2.32. The quantitative estimate of drug-likeness (QED) is 0.205. The number of nitrogens with one attached hydrogen (secondary N) is 1. The second-order valence-electron chi connectivity index (χ2n) is 6.26. The van der Waals surface area contributed by atoms with Crippen LogP contribution in [0.3, 0.4) is 0 Å². The average molecular weight is 458 g/mol. The van der Waals surface area contributed by atoms with Crippen molar-refractivity contribution in [3.8, 4) is 11.5 Å². The zero-order valence-corrected chi connectivity index (χ0v) is 17.5. The second kappa shape index (κ2) is 10.4. The first-order valence-electron chi connectivity index (χ1n) is 9.36. The zero-order chi connectivity index (χ0) is 23.1. The molecule has 0 radical (unpaired) electrons. The largest absolute Gasteiger partial charge is 0.477 e. The van der Waals surface area contributed by atoms with Crippen LogP contribution in [0.2, 0.25) is 5.02 Å². The van der Waals surface area contributed by atoms with E-state index < -0.39 is 16.8 Å². The molecule has 0 heterocycles. The molecule has 10 heteroatoms.